The molecular weight excluding hydrogens is 420 g/mol. The normalized spacial score (nSPS) is 13.7. The minimum atomic E-state index is 0.510. The molecule has 32 heavy (non-hydrogen) atoms. The molecular formula is C23H24N8S. The molecule has 4 heterocycles. The van der Waals surface area contributed by atoms with Crippen molar-refractivity contribution in [2.45, 2.75) is 6.92 Å². The van der Waals surface area contributed by atoms with E-state index < -0.39 is 0 Å². The molecule has 0 radical (unpaired) electrons. The zero-order chi connectivity index (χ0) is 21.8. The topological polar surface area (TPSA) is 90.9 Å². The number of nitrogens with zero attached hydrogens (tertiary/aromatic N) is 5. The SMILES string of the molecule is Cc1nc(Nc2ccccc2)sc1-c1ccnc(Nc2ccc(N3CCNCC3)cn2)n1. The molecule has 0 amide bonds. The van der Waals surface area contributed by atoms with Gasteiger partial charge in [-0.3, -0.25) is 0 Å². The van der Waals surface area contributed by atoms with Crippen LogP contribution in [0.1, 0.15) is 5.69 Å². The summed E-state index contributed by atoms with van der Waals surface area (Å²) in [6.45, 7) is 5.98. The molecule has 0 bridgehead atoms. The van der Waals surface area contributed by atoms with Crippen molar-refractivity contribution in [3.8, 4) is 10.6 Å². The minimum absolute atomic E-state index is 0.510. The monoisotopic (exact) mass is 444 g/mol. The maximum Gasteiger partial charge on any atom is 0.228 e. The fraction of sp³-hybridized carbons (Fsp3) is 0.217. The number of thiazole rings is 1. The Bertz CT molecular complexity index is 1170. The van der Waals surface area contributed by atoms with Crippen molar-refractivity contribution < 1.29 is 0 Å². The van der Waals surface area contributed by atoms with Crippen molar-refractivity contribution in [3.63, 3.8) is 0 Å². The molecule has 1 saturated heterocycles. The van der Waals surface area contributed by atoms with Crippen LogP contribution in [0.5, 0.6) is 0 Å². The first-order chi connectivity index (χ1) is 15.7. The van der Waals surface area contributed by atoms with Crippen LogP contribution in [0.15, 0.2) is 60.9 Å². The molecule has 8 nitrogen and oxygen atoms in total. The second-order valence-electron chi connectivity index (χ2n) is 7.45. The number of para-hydroxylation sites is 1. The van der Waals surface area contributed by atoms with Gasteiger partial charge in [-0.25, -0.2) is 19.9 Å². The lowest BCUT2D eigenvalue weighted by Crippen LogP contribution is -2.43. The van der Waals surface area contributed by atoms with Crippen LogP contribution in [0.2, 0.25) is 0 Å². The van der Waals surface area contributed by atoms with E-state index in [2.05, 4.69) is 41.9 Å². The molecule has 1 aromatic carbocycles. The summed E-state index contributed by atoms with van der Waals surface area (Å²) in [5.74, 6) is 1.23. The maximum absolute atomic E-state index is 4.69. The Labute approximate surface area is 190 Å². The number of aromatic nitrogens is 4. The number of aryl methyl sites for hydroxylation is 1. The number of anilines is 5. The summed E-state index contributed by atoms with van der Waals surface area (Å²) in [6.07, 6.45) is 3.65. The number of hydrogen-bond donors (Lipinski definition) is 3. The van der Waals surface area contributed by atoms with E-state index in [0.29, 0.717) is 11.8 Å². The van der Waals surface area contributed by atoms with E-state index in [4.69, 9.17) is 4.98 Å². The minimum Gasteiger partial charge on any atom is -0.368 e. The van der Waals surface area contributed by atoms with Gasteiger partial charge in [0.15, 0.2) is 5.13 Å². The zero-order valence-corrected chi connectivity index (χ0v) is 18.6. The van der Waals surface area contributed by atoms with Gasteiger partial charge < -0.3 is 20.9 Å². The molecule has 0 spiro atoms. The molecule has 1 aliphatic rings. The van der Waals surface area contributed by atoms with E-state index in [1.54, 1.807) is 17.5 Å². The Hall–Kier alpha value is -3.56. The zero-order valence-electron chi connectivity index (χ0n) is 17.7. The summed E-state index contributed by atoms with van der Waals surface area (Å²) in [4.78, 5) is 21.6. The van der Waals surface area contributed by atoms with Crippen molar-refractivity contribution in [1.29, 1.82) is 0 Å². The third-order valence-corrected chi connectivity index (χ3v) is 6.28. The first kappa shape index (κ1) is 20.3. The van der Waals surface area contributed by atoms with E-state index in [9.17, 15) is 0 Å². The third-order valence-electron chi connectivity index (χ3n) is 5.18. The largest absolute Gasteiger partial charge is 0.368 e. The molecule has 0 saturated carbocycles. The highest BCUT2D eigenvalue weighted by molar-refractivity contribution is 7.19. The van der Waals surface area contributed by atoms with Gasteiger partial charge in [0, 0.05) is 38.1 Å². The summed E-state index contributed by atoms with van der Waals surface area (Å²) in [5.41, 5.74) is 3.89. The fourth-order valence-corrected chi connectivity index (χ4v) is 4.52. The van der Waals surface area contributed by atoms with Crippen LogP contribution in [-0.2, 0) is 0 Å². The highest BCUT2D eigenvalue weighted by atomic mass is 32.1. The van der Waals surface area contributed by atoms with Crippen LogP contribution in [0.4, 0.5) is 28.3 Å². The van der Waals surface area contributed by atoms with Gasteiger partial charge in [0.05, 0.1) is 28.1 Å². The molecule has 1 fully saturated rings. The van der Waals surface area contributed by atoms with Crippen molar-refractivity contribution >= 4 is 39.6 Å². The van der Waals surface area contributed by atoms with Crippen LogP contribution in [-0.4, -0.2) is 46.1 Å². The smallest absolute Gasteiger partial charge is 0.228 e. The van der Waals surface area contributed by atoms with Gasteiger partial charge in [-0.1, -0.05) is 29.5 Å². The molecule has 0 atom stereocenters. The van der Waals surface area contributed by atoms with Gasteiger partial charge in [-0.05, 0) is 37.3 Å². The maximum atomic E-state index is 4.69. The fourth-order valence-electron chi connectivity index (χ4n) is 3.56. The first-order valence-electron chi connectivity index (χ1n) is 10.6. The van der Waals surface area contributed by atoms with Crippen molar-refractivity contribution in [2.24, 2.45) is 0 Å². The molecule has 0 unspecified atom stereocenters. The quantitative estimate of drug-likeness (QED) is 0.408. The average molecular weight is 445 g/mol. The van der Waals surface area contributed by atoms with E-state index in [1.165, 1.54) is 0 Å². The number of hydrogen-bond acceptors (Lipinski definition) is 9. The highest BCUT2D eigenvalue weighted by Gasteiger charge is 2.13. The summed E-state index contributed by atoms with van der Waals surface area (Å²) in [7, 11) is 0. The summed E-state index contributed by atoms with van der Waals surface area (Å²) in [5, 5.41) is 10.8. The Morgan fingerprint density at radius 3 is 2.56 bits per heavy atom. The first-order valence-corrected chi connectivity index (χ1v) is 11.4. The van der Waals surface area contributed by atoms with E-state index in [1.807, 2.05) is 55.6 Å². The number of pyridine rings is 1. The van der Waals surface area contributed by atoms with E-state index in [0.717, 1.165) is 59.0 Å². The lowest BCUT2D eigenvalue weighted by molar-refractivity contribution is 0.589. The lowest BCUT2D eigenvalue weighted by Gasteiger charge is -2.29. The Morgan fingerprint density at radius 2 is 1.78 bits per heavy atom. The summed E-state index contributed by atoms with van der Waals surface area (Å²) >= 11 is 1.57. The van der Waals surface area contributed by atoms with Crippen molar-refractivity contribution in [1.82, 2.24) is 25.3 Å². The molecule has 4 aromatic rings. The molecule has 3 N–H and O–H groups in total. The van der Waals surface area contributed by atoms with Crippen LogP contribution in [0.25, 0.3) is 10.6 Å². The standard InChI is InChI=1S/C23H24N8S/c1-16-21(32-23(27-16)28-17-5-3-2-4-6-17)19-9-10-25-22(29-19)30-20-8-7-18(15-26-20)31-13-11-24-12-14-31/h2-10,15,24H,11-14H2,1H3,(H,27,28)(H,25,26,29,30). The van der Waals surface area contributed by atoms with Gasteiger partial charge in [0.1, 0.15) is 5.82 Å². The molecule has 5 rings (SSSR count). The number of rotatable bonds is 6. The lowest BCUT2D eigenvalue weighted by atomic mass is 10.3. The number of piperazine rings is 1. The molecule has 3 aromatic heterocycles. The molecule has 162 valence electrons. The number of nitrogens with one attached hydrogen (secondary N) is 3. The Kier molecular flexibility index (Phi) is 5.91. The average Bonchev–Trinajstić information content (AvgIpc) is 3.21. The second-order valence-corrected chi connectivity index (χ2v) is 8.45. The predicted octanol–water partition coefficient (Wildman–Crippen LogP) is 4.20. The second kappa shape index (κ2) is 9.29. The number of benzene rings is 1. The molecule has 9 heteroatoms. The van der Waals surface area contributed by atoms with Crippen molar-refractivity contribution in [3.05, 3.63) is 66.6 Å². The van der Waals surface area contributed by atoms with Gasteiger partial charge >= 0.3 is 0 Å². The van der Waals surface area contributed by atoms with Crippen molar-refractivity contribution in [2.75, 3.05) is 41.7 Å². The Morgan fingerprint density at radius 1 is 0.938 bits per heavy atom. The predicted molar refractivity (Wildman–Crippen MR) is 130 cm³/mol. The van der Waals surface area contributed by atoms with Gasteiger partial charge in [-0.15, -0.1) is 0 Å². The van der Waals surface area contributed by atoms with Crippen LogP contribution >= 0.6 is 11.3 Å². The summed E-state index contributed by atoms with van der Waals surface area (Å²) in [6, 6.07) is 16.0. The van der Waals surface area contributed by atoms with Gasteiger partial charge in [0.2, 0.25) is 5.95 Å². The molecule has 0 aliphatic carbocycles. The summed E-state index contributed by atoms with van der Waals surface area (Å²) < 4.78 is 0. The van der Waals surface area contributed by atoms with Crippen LogP contribution in [0.3, 0.4) is 0 Å². The van der Waals surface area contributed by atoms with Crippen LogP contribution < -0.4 is 20.9 Å². The third kappa shape index (κ3) is 4.68. The Balaban J connectivity index is 1.30. The molecule has 1 aliphatic heterocycles. The van der Waals surface area contributed by atoms with E-state index >= 15 is 0 Å². The van der Waals surface area contributed by atoms with Gasteiger partial charge in [0.25, 0.3) is 0 Å². The highest BCUT2D eigenvalue weighted by Crippen LogP contribution is 2.33. The van der Waals surface area contributed by atoms with Gasteiger partial charge in [-0.2, -0.15) is 0 Å². The van der Waals surface area contributed by atoms with Crippen LogP contribution in [0, 0.1) is 6.92 Å². The van der Waals surface area contributed by atoms with E-state index in [-0.39, 0.29) is 0 Å².